The first-order valence-electron chi connectivity index (χ1n) is 4.92. The Balaban J connectivity index is 2.21. The Morgan fingerprint density at radius 3 is 2.86 bits per heavy atom. The summed E-state index contributed by atoms with van der Waals surface area (Å²) >= 11 is 0. The Kier molecular flexibility index (Phi) is 2.59. The normalized spacial score (nSPS) is 18.1. The number of hydrogen-bond acceptors (Lipinski definition) is 2. The van der Waals surface area contributed by atoms with Gasteiger partial charge in [-0.2, -0.15) is 0 Å². The summed E-state index contributed by atoms with van der Waals surface area (Å²) in [6.07, 6.45) is 2.47. The molecular formula is C11H15NOS. The van der Waals surface area contributed by atoms with Gasteiger partial charge in [0.2, 0.25) is 0 Å². The number of nitrogen functional groups attached to an aromatic ring is 1. The smallest absolute Gasteiger partial charge is 0.0620 e. The summed E-state index contributed by atoms with van der Waals surface area (Å²) in [6, 6.07) is 5.75. The second-order valence-electron chi connectivity index (χ2n) is 3.94. The van der Waals surface area contributed by atoms with E-state index in [2.05, 4.69) is 0 Å². The molecule has 1 saturated carbocycles. The third-order valence-electron chi connectivity index (χ3n) is 2.61. The standard InChI is InChI=1S/C11H15NOS/c1-8-3-2-4-10(11(8)12)14(13)7-9-5-6-9/h2-4,9H,5-7,12H2,1H3. The zero-order chi connectivity index (χ0) is 10.1. The van der Waals surface area contributed by atoms with Crippen LogP contribution in [0.4, 0.5) is 5.69 Å². The van der Waals surface area contributed by atoms with E-state index in [0.717, 1.165) is 16.2 Å². The molecule has 3 heteroatoms. The van der Waals surface area contributed by atoms with Crippen LogP contribution < -0.4 is 5.73 Å². The van der Waals surface area contributed by atoms with Crippen LogP contribution in [0, 0.1) is 12.8 Å². The van der Waals surface area contributed by atoms with Crippen molar-refractivity contribution in [3.05, 3.63) is 23.8 Å². The molecule has 0 aromatic heterocycles. The van der Waals surface area contributed by atoms with Crippen LogP contribution in [-0.4, -0.2) is 9.96 Å². The summed E-state index contributed by atoms with van der Waals surface area (Å²) in [4.78, 5) is 0.817. The molecule has 0 heterocycles. The van der Waals surface area contributed by atoms with Gasteiger partial charge in [-0.1, -0.05) is 12.1 Å². The van der Waals surface area contributed by atoms with Crippen molar-refractivity contribution >= 4 is 16.5 Å². The molecule has 1 aliphatic carbocycles. The maximum absolute atomic E-state index is 11.9. The van der Waals surface area contributed by atoms with E-state index in [0.29, 0.717) is 11.6 Å². The zero-order valence-corrected chi connectivity index (χ0v) is 9.14. The number of benzene rings is 1. The van der Waals surface area contributed by atoms with Gasteiger partial charge in [0.25, 0.3) is 0 Å². The van der Waals surface area contributed by atoms with Crippen molar-refractivity contribution in [2.75, 3.05) is 11.5 Å². The van der Waals surface area contributed by atoms with Gasteiger partial charge in [-0.25, -0.2) is 0 Å². The van der Waals surface area contributed by atoms with E-state index in [1.165, 1.54) is 12.8 Å². The van der Waals surface area contributed by atoms with Gasteiger partial charge in [0.15, 0.2) is 0 Å². The van der Waals surface area contributed by atoms with Gasteiger partial charge >= 0.3 is 0 Å². The van der Waals surface area contributed by atoms with Gasteiger partial charge in [-0.3, -0.25) is 4.21 Å². The molecule has 2 N–H and O–H groups in total. The lowest BCUT2D eigenvalue weighted by Crippen LogP contribution is -2.04. The lowest BCUT2D eigenvalue weighted by molar-refractivity contribution is 0.680. The largest absolute Gasteiger partial charge is 0.398 e. The first-order chi connectivity index (χ1) is 6.68. The van der Waals surface area contributed by atoms with Gasteiger partial charge < -0.3 is 5.73 Å². The van der Waals surface area contributed by atoms with Crippen molar-refractivity contribution in [1.82, 2.24) is 0 Å². The molecule has 1 aromatic carbocycles. The zero-order valence-electron chi connectivity index (χ0n) is 8.32. The molecule has 0 saturated heterocycles. The summed E-state index contributed by atoms with van der Waals surface area (Å²) in [5.41, 5.74) is 7.61. The summed E-state index contributed by atoms with van der Waals surface area (Å²) in [5, 5.41) is 0. The van der Waals surface area contributed by atoms with E-state index in [1.807, 2.05) is 25.1 Å². The SMILES string of the molecule is Cc1cccc(S(=O)CC2CC2)c1N. The van der Waals surface area contributed by atoms with Crippen LogP contribution in [0.2, 0.25) is 0 Å². The van der Waals surface area contributed by atoms with E-state index in [9.17, 15) is 4.21 Å². The second kappa shape index (κ2) is 3.73. The highest BCUT2D eigenvalue weighted by Crippen LogP contribution is 2.32. The van der Waals surface area contributed by atoms with Crippen LogP contribution in [0.5, 0.6) is 0 Å². The third-order valence-corrected chi connectivity index (χ3v) is 4.23. The van der Waals surface area contributed by atoms with Crippen molar-refractivity contribution in [3.8, 4) is 0 Å². The topological polar surface area (TPSA) is 43.1 Å². The molecule has 1 fully saturated rings. The van der Waals surface area contributed by atoms with Crippen molar-refractivity contribution < 1.29 is 4.21 Å². The fraction of sp³-hybridized carbons (Fsp3) is 0.455. The monoisotopic (exact) mass is 209 g/mol. The molecular weight excluding hydrogens is 194 g/mol. The number of para-hydroxylation sites is 1. The summed E-state index contributed by atoms with van der Waals surface area (Å²) < 4.78 is 11.9. The Labute approximate surface area is 87.0 Å². The van der Waals surface area contributed by atoms with Crippen molar-refractivity contribution in [2.24, 2.45) is 5.92 Å². The minimum absolute atomic E-state index is 0.677. The first-order valence-corrected chi connectivity index (χ1v) is 6.24. The van der Waals surface area contributed by atoms with Crippen LogP contribution in [0.25, 0.3) is 0 Å². The molecule has 1 aliphatic rings. The molecule has 0 radical (unpaired) electrons. The second-order valence-corrected chi connectivity index (χ2v) is 5.41. The Morgan fingerprint density at radius 1 is 1.50 bits per heavy atom. The number of nitrogens with two attached hydrogens (primary N) is 1. The molecule has 1 unspecified atom stereocenters. The molecule has 0 aliphatic heterocycles. The maximum atomic E-state index is 11.9. The number of aryl methyl sites for hydroxylation is 1. The molecule has 0 amide bonds. The fourth-order valence-electron chi connectivity index (χ4n) is 1.44. The Morgan fingerprint density at radius 2 is 2.21 bits per heavy atom. The highest BCUT2D eigenvalue weighted by Gasteiger charge is 2.25. The third kappa shape index (κ3) is 1.98. The van der Waals surface area contributed by atoms with Crippen LogP contribution in [0.3, 0.4) is 0 Å². The van der Waals surface area contributed by atoms with Crippen LogP contribution in [-0.2, 0) is 10.8 Å². The van der Waals surface area contributed by atoms with E-state index >= 15 is 0 Å². The lowest BCUT2D eigenvalue weighted by atomic mass is 10.2. The summed E-state index contributed by atoms with van der Waals surface area (Å²) in [6.45, 7) is 1.95. The minimum atomic E-state index is -0.898. The summed E-state index contributed by atoms with van der Waals surface area (Å²) in [7, 11) is -0.898. The highest BCUT2D eigenvalue weighted by molar-refractivity contribution is 7.85. The van der Waals surface area contributed by atoms with Crippen LogP contribution >= 0.6 is 0 Å². The van der Waals surface area contributed by atoms with Gasteiger partial charge in [-0.05, 0) is 37.3 Å². The maximum Gasteiger partial charge on any atom is 0.0620 e. The molecule has 76 valence electrons. The number of hydrogen-bond donors (Lipinski definition) is 1. The van der Waals surface area contributed by atoms with Gasteiger partial charge in [0, 0.05) is 5.75 Å². The first kappa shape index (κ1) is 9.71. The average molecular weight is 209 g/mol. The highest BCUT2D eigenvalue weighted by atomic mass is 32.2. The predicted molar refractivity (Wildman–Crippen MR) is 59.6 cm³/mol. The molecule has 0 spiro atoms. The molecule has 2 rings (SSSR count). The van der Waals surface area contributed by atoms with E-state index < -0.39 is 10.8 Å². The summed E-state index contributed by atoms with van der Waals surface area (Å²) in [5.74, 6) is 1.46. The van der Waals surface area contributed by atoms with Crippen LogP contribution in [0.1, 0.15) is 18.4 Å². The molecule has 1 atom stereocenters. The minimum Gasteiger partial charge on any atom is -0.398 e. The quantitative estimate of drug-likeness (QED) is 0.775. The van der Waals surface area contributed by atoms with E-state index in [1.54, 1.807) is 0 Å². The molecule has 2 nitrogen and oxygen atoms in total. The molecule has 1 aromatic rings. The van der Waals surface area contributed by atoms with E-state index in [4.69, 9.17) is 5.73 Å². The van der Waals surface area contributed by atoms with Crippen LogP contribution in [0.15, 0.2) is 23.1 Å². The molecule has 0 bridgehead atoms. The van der Waals surface area contributed by atoms with Gasteiger partial charge in [0.1, 0.15) is 0 Å². The van der Waals surface area contributed by atoms with Crippen molar-refractivity contribution in [1.29, 1.82) is 0 Å². The fourth-order valence-corrected chi connectivity index (χ4v) is 3.02. The predicted octanol–water partition coefficient (Wildman–Crippen LogP) is 2.09. The molecule has 14 heavy (non-hydrogen) atoms. The van der Waals surface area contributed by atoms with Gasteiger partial charge in [0.05, 0.1) is 21.4 Å². The van der Waals surface area contributed by atoms with Crippen molar-refractivity contribution in [2.45, 2.75) is 24.7 Å². The van der Waals surface area contributed by atoms with E-state index in [-0.39, 0.29) is 0 Å². The Hall–Kier alpha value is -0.830. The van der Waals surface area contributed by atoms with Gasteiger partial charge in [-0.15, -0.1) is 0 Å². The average Bonchev–Trinajstić information content (AvgIpc) is 2.93. The van der Waals surface area contributed by atoms with Crippen molar-refractivity contribution in [3.63, 3.8) is 0 Å². The number of anilines is 1. The Bertz CT molecular complexity index is 372. The lowest BCUT2D eigenvalue weighted by Gasteiger charge is -2.07. The number of rotatable bonds is 3.